The van der Waals surface area contributed by atoms with Crippen LogP contribution in [-0.4, -0.2) is 0 Å². The van der Waals surface area contributed by atoms with E-state index in [9.17, 15) is 17.6 Å². The maximum absolute atomic E-state index is 12.9. The number of anilines is 1. The molecular formula is C8H6ClF4N. The SMILES string of the molecule is Nc1ccc(F)c(CCl)c1C(F)(F)F. The average Bonchev–Trinajstić information content (AvgIpc) is 2.06. The first-order chi connectivity index (χ1) is 6.38. The van der Waals surface area contributed by atoms with Crippen LogP contribution >= 0.6 is 11.6 Å². The smallest absolute Gasteiger partial charge is 0.398 e. The molecule has 0 bridgehead atoms. The molecule has 1 rings (SSSR count). The van der Waals surface area contributed by atoms with E-state index in [-0.39, 0.29) is 0 Å². The molecule has 0 unspecified atom stereocenters. The summed E-state index contributed by atoms with van der Waals surface area (Å²) >= 11 is 5.22. The van der Waals surface area contributed by atoms with Crippen LogP contribution in [0.3, 0.4) is 0 Å². The van der Waals surface area contributed by atoms with Gasteiger partial charge < -0.3 is 5.73 Å². The van der Waals surface area contributed by atoms with Crippen LogP contribution in [0.1, 0.15) is 11.1 Å². The molecule has 0 spiro atoms. The lowest BCUT2D eigenvalue weighted by molar-refractivity contribution is -0.137. The predicted molar refractivity (Wildman–Crippen MR) is 45.4 cm³/mol. The molecule has 0 aliphatic rings. The zero-order valence-electron chi connectivity index (χ0n) is 6.83. The maximum Gasteiger partial charge on any atom is 0.418 e. The largest absolute Gasteiger partial charge is 0.418 e. The number of alkyl halides is 4. The van der Waals surface area contributed by atoms with Gasteiger partial charge in [0.15, 0.2) is 0 Å². The number of benzene rings is 1. The fourth-order valence-electron chi connectivity index (χ4n) is 1.11. The predicted octanol–water partition coefficient (Wildman–Crippen LogP) is 3.17. The van der Waals surface area contributed by atoms with Gasteiger partial charge in [-0.15, -0.1) is 11.6 Å². The minimum Gasteiger partial charge on any atom is -0.398 e. The van der Waals surface area contributed by atoms with Gasteiger partial charge in [-0.1, -0.05) is 0 Å². The van der Waals surface area contributed by atoms with E-state index in [0.717, 1.165) is 12.1 Å². The van der Waals surface area contributed by atoms with Crippen LogP contribution in [0, 0.1) is 5.82 Å². The van der Waals surface area contributed by atoms with Crippen molar-refractivity contribution < 1.29 is 17.6 Å². The molecule has 0 amide bonds. The number of hydrogen-bond acceptors (Lipinski definition) is 1. The van der Waals surface area contributed by atoms with Gasteiger partial charge in [0.25, 0.3) is 0 Å². The Morgan fingerprint density at radius 2 is 1.86 bits per heavy atom. The highest BCUT2D eigenvalue weighted by molar-refractivity contribution is 6.17. The van der Waals surface area contributed by atoms with Crippen molar-refractivity contribution in [1.82, 2.24) is 0 Å². The third kappa shape index (κ3) is 1.92. The average molecular weight is 228 g/mol. The van der Waals surface area contributed by atoms with Crippen LogP contribution in [0.5, 0.6) is 0 Å². The first kappa shape index (κ1) is 11.1. The summed E-state index contributed by atoms with van der Waals surface area (Å²) in [6, 6.07) is 1.73. The molecule has 6 heteroatoms. The van der Waals surface area contributed by atoms with Crippen LogP contribution in [0.2, 0.25) is 0 Å². The molecule has 2 N–H and O–H groups in total. The van der Waals surface area contributed by atoms with Crippen LogP contribution in [0.4, 0.5) is 23.2 Å². The lowest BCUT2D eigenvalue weighted by Gasteiger charge is -2.14. The van der Waals surface area contributed by atoms with Gasteiger partial charge in [-0.3, -0.25) is 0 Å². The highest BCUT2D eigenvalue weighted by Gasteiger charge is 2.36. The van der Waals surface area contributed by atoms with Crippen molar-refractivity contribution in [3.05, 3.63) is 29.1 Å². The molecule has 1 aromatic rings. The molecule has 0 atom stereocenters. The quantitative estimate of drug-likeness (QED) is 0.445. The Kier molecular flexibility index (Phi) is 2.89. The van der Waals surface area contributed by atoms with Crippen LogP contribution in [0.15, 0.2) is 12.1 Å². The van der Waals surface area contributed by atoms with E-state index in [1.807, 2.05) is 0 Å². The van der Waals surface area contributed by atoms with Crippen molar-refractivity contribution in [2.24, 2.45) is 0 Å². The molecule has 0 saturated carbocycles. The molecule has 0 aliphatic heterocycles. The van der Waals surface area contributed by atoms with Gasteiger partial charge in [-0.05, 0) is 12.1 Å². The van der Waals surface area contributed by atoms with Gasteiger partial charge in [0.05, 0.1) is 11.4 Å². The van der Waals surface area contributed by atoms with Gasteiger partial charge in [0, 0.05) is 11.3 Å². The molecule has 0 aliphatic carbocycles. The molecule has 0 fully saturated rings. The summed E-state index contributed by atoms with van der Waals surface area (Å²) in [7, 11) is 0. The van der Waals surface area contributed by atoms with Crippen LogP contribution in [0.25, 0.3) is 0 Å². The maximum atomic E-state index is 12.9. The van der Waals surface area contributed by atoms with Crippen LogP contribution in [-0.2, 0) is 12.1 Å². The fourth-order valence-corrected chi connectivity index (χ4v) is 1.37. The van der Waals surface area contributed by atoms with Crippen molar-refractivity contribution in [3.63, 3.8) is 0 Å². The van der Waals surface area contributed by atoms with E-state index in [4.69, 9.17) is 17.3 Å². The monoisotopic (exact) mass is 227 g/mol. The Balaban J connectivity index is 3.46. The Morgan fingerprint density at radius 3 is 2.21 bits per heavy atom. The zero-order chi connectivity index (χ0) is 10.9. The topological polar surface area (TPSA) is 26.0 Å². The van der Waals surface area contributed by atoms with E-state index in [2.05, 4.69) is 0 Å². The molecule has 0 aromatic heterocycles. The van der Waals surface area contributed by atoms with E-state index in [1.165, 1.54) is 0 Å². The first-order valence-electron chi connectivity index (χ1n) is 3.58. The van der Waals surface area contributed by atoms with Crippen molar-refractivity contribution in [3.8, 4) is 0 Å². The van der Waals surface area contributed by atoms with Crippen molar-refractivity contribution >= 4 is 17.3 Å². The number of nitrogens with two attached hydrogens (primary N) is 1. The van der Waals surface area contributed by atoms with Crippen LogP contribution < -0.4 is 5.73 Å². The summed E-state index contributed by atoms with van der Waals surface area (Å²) < 4.78 is 50.0. The summed E-state index contributed by atoms with van der Waals surface area (Å²) in [6.07, 6.45) is -4.68. The summed E-state index contributed by atoms with van der Waals surface area (Å²) in [5, 5.41) is 0. The molecule has 14 heavy (non-hydrogen) atoms. The summed E-state index contributed by atoms with van der Waals surface area (Å²) in [5.74, 6) is -1.56. The second-order valence-corrected chi connectivity index (χ2v) is 2.89. The van der Waals surface area contributed by atoms with Gasteiger partial charge in [-0.25, -0.2) is 4.39 Å². The molecule has 0 radical (unpaired) electrons. The second-order valence-electron chi connectivity index (χ2n) is 2.62. The third-order valence-corrected chi connectivity index (χ3v) is 1.97. The van der Waals surface area contributed by atoms with Crippen molar-refractivity contribution in [2.45, 2.75) is 12.1 Å². The van der Waals surface area contributed by atoms with E-state index >= 15 is 0 Å². The van der Waals surface area contributed by atoms with Crippen molar-refractivity contribution in [1.29, 1.82) is 0 Å². The number of halogens is 5. The normalized spacial score (nSPS) is 11.8. The molecule has 0 saturated heterocycles. The number of rotatable bonds is 1. The van der Waals surface area contributed by atoms with Gasteiger partial charge in [0.2, 0.25) is 0 Å². The lowest BCUT2D eigenvalue weighted by atomic mass is 10.1. The van der Waals surface area contributed by atoms with Gasteiger partial charge in [0.1, 0.15) is 5.82 Å². The van der Waals surface area contributed by atoms with E-state index in [0.29, 0.717) is 0 Å². The fraction of sp³-hybridized carbons (Fsp3) is 0.250. The first-order valence-corrected chi connectivity index (χ1v) is 4.11. The molecule has 0 heterocycles. The van der Waals surface area contributed by atoms with E-state index < -0.39 is 34.7 Å². The molecule has 1 aromatic carbocycles. The molecule has 78 valence electrons. The molecule has 1 nitrogen and oxygen atoms in total. The minimum atomic E-state index is -4.68. The number of hydrogen-bond donors (Lipinski definition) is 1. The minimum absolute atomic E-state index is 0.519. The number of nitrogen functional groups attached to an aromatic ring is 1. The second kappa shape index (κ2) is 3.65. The zero-order valence-corrected chi connectivity index (χ0v) is 7.58. The standard InChI is InChI=1S/C8H6ClF4N/c9-3-4-5(10)1-2-6(14)7(4)8(11,12)13/h1-2H,3,14H2. The van der Waals surface area contributed by atoms with E-state index in [1.54, 1.807) is 0 Å². The Labute approximate surface area is 82.5 Å². The molecular weight excluding hydrogens is 222 g/mol. The van der Waals surface area contributed by atoms with Gasteiger partial charge >= 0.3 is 6.18 Å². The Bertz CT molecular complexity index is 348. The highest BCUT2D eigenvalue weighted by Crippen LogP contribution is 2.37. The van der Waals surface area contributed by atoms with Crippen molar-refractivity contribution in [2.75, 3.05) is 5.73 Å². The summed E-state index contributed by atoms with van der Waals surface area (Å²) in [6.45, 7) is 0. The highest BCUT2D eigenvalue weighted by atomic mass is 35.5. The summed E-state index contributed by atoms with van der Waals surface area (Å²) in [4.78, 5) is 0. The summed E-state index contributed by atoms with van der Waals surface area (Å²) in [5.41, 5.74) is 2.79. The Hall–Kier alpha value is -0.970. The van der Waals surface area contributed by atoms with Gasteiger partial charge in [-0.2, -0.15) is 13.2 Å². The Morgan fingerprint density at radius 1 is 1.29 bits per heavy atom. The third-order valence-electron chi connectivity index (χ3n) is 1.71. The lowest BCUT2D eigenvalue weighted by Crippen LogP contribution is -2.13.